The van der Waals surface area contributed by atoms with Crippen LogP contribution in [0.2, 0.25) is 5.02 Å². The van der Waals surface area contributed by atoms with E-state index in [1.807, 2.05) is 19.1 Å². The van der Waals surface area contributed by atoms with Crippen LogP contribution in [0, 0.1) is 6.92 Å². The molecule has 0 spiro atoms. The molecule has 17 heavy (non-hydrogen) atoms. The maximum Gasteiger partial charge on any atom is 0.251 e. The van der Waals surface area contributed by atoms with Gasteiger partial charge in [0.1, 0.15) is 0 Å². The number of hydrogen-bond acceptors (Lipinski definition) is 2. The van der Waals surface area contributed by atoms with Crippen molar-refractivity contribution < 1.29 is 4.79 Å². The highest BCUT2D eigenvalue weighted by molar-refractivity contribution is 6.31. The van der Waals surface area contributed by atoms with E-state index in [1.54, 1.807) is 6.07 Å². The molecular formula is C13H17ClN2O. The summed E-state index contributed by atoms with van der Waals surface area (Å²) in [5, 5.41) is 6.96. The average molecular weight is 253 g/mol. The summed E-state index contributed by atoms with van der Waals surface area (Å²) in [4.78, 5) is 12.1. The zero-order valence-corrected chi connectivity index (χ0v) is 10.7. The number of piperidine rings is 1. The van der Waals surface area contributed by atoms with Crippen LogP contribution in [-0.4, -0.2) is 25.0 Å². The van der Waals surface area contributed by atoms with Gasteiger partial charge in [-0.05, 0) is 44.0 Å². The Morgan fingerprint density at radius 3 is 3.06 bits per heavy atom. The van der Waals surface area contributed by atoms with Crippen molar-refractivity contribution in [3.05, 3.63) is 34.3 Å². The summed E-state index contributed by atoms with van der Waals surface area (Å²) < 4.78 is 0. The molecule has 2 rings (SSSR count). The van der Waals surface area contributed by atoms with Gasteiger partial charge in [0.15, 0.2) is 0 Å². The summed E-state index contributed by atoms with van der Waals surface area (Å²) in [5.41, 5.74) is 1.51. The van der Waals surface area contributed by atoms with E-state index in [0.29, 0.717) is 10.6 Å². The van der Waals surface area contributed by atoms with Crippen LogP contribution < -0.4 is 10.6 Å². The van der Waals surface area contributed by atoms with Gasteiger partial charge in [-0.15, -0.1) is 0 Å². The molecule has 0 aliphatic carbocycles. The Morgan fingerprint density at radius 1 is 1.53 bits per heavy atom. The molecule has 0 bridgehead atoms. The van der Waals surface area contributed by atoms with Crippen molar-refractivity contribution in [2.24, 2.45) is 0 Å². The number of hydrogen-bond donors (Lipinski definition) is 2. The van der Waals surface area contributed by atoms with Gasteiger partial charge < -0.3 is 10.6 Å². The molecule has 1 aromatic rings. The van der Waals surface area contributed by atoms with E-state index in [4.69, 9.17) is 11.6 Å². The maximum absolute atomic E-state index is 12.1. The molecule has 1 fully saturated rings. The number of halogens is 1. The lowest BCUT2D eigenvalue weighted by atomic mass is 10.0. The van der Waals surface area contributed by atoms with Crippen molar-refractivity contribution >= 4 is 17.5 Å². The van der Waals surface area contributed by atoms with Crippen molar-refractivity contribution in [1.29, 1.82) is 0 Å². The van der Waals surface area contributed by atoms with Gasteiger partial charge in [0.05, 0.1) is 0 Å². The zero-order valence-electron chi connectivity index (χ0n) is 9.92. The normalized spacial score (nSPS) is 20.0. The van der Waals surface area contributed by atoms with E-state index in [9.17, 15) is 4.79 Å². The average Bonchev–Trinajstić information content (AvgIpc) is 2.34. The SMILES string of the molecule is Cc1c(Cl)cccc1C(=O)NC1CCCNC1. The summed E-state index contributed by atoms with van der Waals surface area (Å²) in [7, 11) is 0. The molecule has 3 nitrogen and oxygen atoms in total. The molecule has 0 radical (unpaired) electrons. The summed E-state index contributed by atoms with van der Waals surface area (Å²) in [6, 6.07) is 5.65. The molecule has 92 valence electrons. The lowest BCUT2D eigenvalue weighted by molar-refractivity contribution is 0.0930. The van der Waals surface area contributed by atoms with Crippen molar-refractivity contribution in [3.8, 4) is 0 Å². The van der Waals surface area contributed by atoms with Crippen molar-refractivity contribution in [2.75, 3.05) is 13.1 Å². The third-order valence-electron chi connectivity index (χ3n) is 3.14. The van der Waals surface area contributed by atoms with Crippen LogP contribution in [0.25, 0.3) is 0 Å². The molecule has 1 saturated heterocycles. The Balaban J connectivity index is 2.06. The summed E-state index contributed by atoms with van der Waals surface area (Å²) in [6.45, 7) is 3.77. The molecule has 1 heterocycles. The second kappa shape index (κ2) is 5.52. The number of rotatable bonds is 2. The van der Waals surface area contributed by atoms with E-state index < -0.39 is 0 Å². The van der Waals surface area contributed by atoms with E-state index in [0.717, 1.165) is 31.5 Å². The molecule has 0 aromatic heterocycles. The second-order valence-corrected chi connectivity index (χ2v) is 4.84. The summed E-state index contributed by atoms with van der Waals surface area (Å²) in [5.74, 6) is -0.0290. The predicted octanol–water partition coefficient (Wildman–Crippen LogP) is 2.13. The van der Waals surface area contributed by atoms with Crippen LogP contribution in [0.4, 0.5) is 0 Å². The molecule has 1 amide bonds. The Kier molecular flexibility index (Phi) is 4.02. The highest BCUT2D eigenvalue weighted by Gasteiger charge is 2.17. The Bertz CT molecular complexity index is 414. The third kappa shape index (κ3) is 2.99. The Labute approximate surface area is 107 Å². The van der Waals surface area contributed by atoms with E-state index in [2.05, 4.69) is 10.6 Å². The molecule has 1 unspecified atom stereocenters. The molecule has 0 saturated carbocycles. The first-order valence-corrected chi connectivity index (χ1v) is 6.33. The van der Waals surface area contributed by atoms with Gasteiger partial charge in [-0.1, -0.05) is 17.7 Å². The van der Waals surface area contributed by atoms with Crippen molar-refractivity contribution in [2.45, 2.75) is 25.8 Å². The van der Waals surface area contributed by atoms with Crippen LogP contribution in [0.5, 0.6) is 0 Å². The van der Waals surface area contributed by atoms with Gasteiger partial charge >= 0.3 is 0 Å². The van der Waals surface area contributed by atoms with Gasteiger partial charge in [-0.2, -0.15) is 0 Å². The number of carbonyl (C=O) groups excluding carboxylic acids is 1. The lowest BCUT2D eigenvalue weighted by Crippen LogP contribution is -2.45. The fraction of sp³-hybridized carbons (Fsp3) is 0.462. The molecular weight excluding hydrogens is 236 g/mol. The fourth-order valence-corrected chi connectivity index (χ4v) is 2.27. The minimum atomic E-state index is -0.0290. The van der Waals surface area contributed by atoms with Crippen molar-refractivity contribution in [1.82, 2.24) is 10.6 Å². The highest BCUT2D eigenvalue weighted by atomic mass is 35.5. The van der Waals surface area contributed by atoms with Gasteiger partial charge in [0.25, 0.3) is 5.91 Å². The second-order valence-electron chi connectivity index (χ2n) is 4.43. The molecule has 1 aliphatic heterocycles. The zero-order chi connectivity index (χ0) is 12.3. The molecule has 4 heteroatoms. The Morgan fingerprint density at radius 2 is 2.35 bits per heavy atom. The molecule has 2 N–H and O–H groups in total. The minimum absolute atomic E-state index is 0.0290. The number of carbonyl (C=O) groups is 1. The van der Waals surface area contributed by atoms with Crippen LogP contribution in [0.1, 0.15) is 28.8 Å². The maximum atomic E-state index is 12.1. The number of nitrogens with one attached hydrogen (secondary N) is 2. The third-order valence-corrected chi connectivity index (χ3v) is 3.55. The molecule has 1 atom stereocenters. The predicted molar refractivity (Wildman–Crippen MR) is 69.5 cm³/mol. The summed E-state index contributed by atoms with van der Waals surface area (Å²) >= 11 is 6.01. The first-order chi connectivity index (χ1) is 8.18. The standard InChI is InChI=1S/C13H17ClN2O/c1-9-11(5-2-6-12(9)14)13(17)16-10-4-3-7-15-8-10/h2,5-6,10,15H,3-4,7-8H2,1H3,(H,16,17). The lowest BCUT2D eigenvalue weighted by Gasteiger charge is -2.24. The summed E-state index contributed by atoms with van der Waals surface area (Å²) in [6.07, 6.45) is 2.15. The van der Waals surface area contributed by atoms with E-state index in [1.165, 1.54) is 0 Å². The topological polar surface area (TPSA) is 41.1 Å². The van der Waals surface area contributed by atoms with Crippen LogP contribution in [0.15, 0.2) is 18.2 Å². The van der Waals surface area contributed by atoms with E-state index >= 15 is 0 Å². The quantitative estimate of drug-likeness (QED) is 0.847. The van der Waals surface area contributed by atoms with Crippen molar-refractivity contribution in [3.63, 3.8) is 0 Å². The van der Waals surface area contributed by atoms with Crippen LogP contribution in [-0.2, 0) is 0 Å². The Hall–Kier alpha value is -1.06. The smallest absolute Gasteiger partial charge is 0.251 e. The fourth-order valence-electron chi connectivity index (χ4n) is 2.09. The van der Waals surface area contributed by atoms with Gasteiger partial charge in [-0.3, -0.25) is 4.79 Å². The van der Waals surface area contributed by atoms with Gasteiger partial charge in [0.2, 0.25) is 0 Å². The van der Waals surface area contributed by atoms with Gasteiger partial charge in [0, 0.05) is 23.2 Å². The molecule has 1 aromatic carbocycles. The van der Waals surface area contributed by atoms with Gasteiger partial charge in [-0.25, -0.2) is 0 Å². The first kappa shape index (κ1) is 12.4. The van der Waals surface area contributed by atoms with Crippen LogP contribution >= 0.6 is 11.6 Å². The van der Waals surface area contributed by atoms with Crippen LogP contribution in [0.3, 0.4) is 0 Å². The largest absolute Gasteiger partial charge is 0.348 e. The number of benzene rings is 1. The number of amides is 1. The molecule has 1 aliphatic rings. The minimum Gasteiger partial charge on any atom is -0.348 e. The highest BCUT2D eigenvalue weighted by Crippen LogP contribution is 2.18. The van der Waals surface area contributed by atoms with E-state index in [-0.39, 0.29) is 11.9 Å². The first-order valence-electron chi connectivity index (χ1n) is 5.95. The monoisotopic (exact) mass is 252 g/mol.